The summed E-state index contributed by atoms with van der Waals surface area (Å²) in [6.07, 6.45) is 6.43. The van der Waals surface area contributed by atoms with Crippen LogP contribution in [0.5, 0.6) is 0 Å². The summed E-state index contributed by atoms with van der Waals surface area (Å²) in [5.41, 5.74) is 0.551. The number of carbonyl (C=O) groups is 1. The summed E-state index contributed by atoms with van der Waals surface area (Å²) in [6.45, 7) is 1.78. The second kappa shape index (κ2) is 8.66. The molecule has 0 atom stereocenters. The number of amides is 1. The highest BCUT2D eigenvalue weighted by Gasteiger charge is 2.20. The molecule has 0 saturated heterocycles. The monoisotopic (exact) mass is 436 g/mol. The first-order chi connectivity index (χ1) is 13.6. The molecule has 1 saturated carbocycles. The molecular formula is C17H20N6O2S3. The van der Waals surface area contributed by atoms with Crippen molar-refractivity contribution in [1.82, 2.24) is 24.8 Å². The number of carbonyl (C=O) groups excluding carboxylic acids is 1. The fraction of sp³-hybridized carbons (Fsp3) is 0.529. The van der Waals surface area contributed by atoms with Gasteiger partial charge in [-0.3, -0.25) is 9.59 Å². The normalized spacial score (nSPS) is 15.2. The minimum atomic E-state index is -0.146. The van der Waals surface area contributed by atoms with Crippen LogP contribution in [-0.4, -0.2) is 30.7 Å². The van der Waals surface area contributed by atoms with Crippen molar-refractivity contribution in [2.24, 2.45) is 0 Å². The standard InChI is InChI=1S/C17H20N6O2S3/c1-2-12(24)19-15-20-21-17(28-15)26-9-11-8-13(25)23-16(18-11)27-14(22-23)10-6-4-3-5-7-10/h8,10H,2-7,9H2,1H3,(H,19,20,24). The third kappa shape index (κ3) is 4.41. The molecule has 3 aromatic heterocycles. The predicted molar refractivity (Wildman–Crippen MR) is 111 cm³/mol. The van der Waals surface area contributed by atoms with Crippen LogP contribution in [0, 0.1) is 0 Å². The Morgan fingerprint density at radius 2 is 2.11 bits per heavy atom. The first-order valence-corrected chi connectivity index (χ1v) is 11.9. The number of fused-ring (bicyclic) bond motifs is 1. The molecule has 28 heavy (non-hydrogen) atoms. The van der Waals surface area contributed by atoms with Gasteiger partial charge in [-0.1, -0.05) is 60.6 Å². The second-order valence-corrected chi connectivity index (χ2v) is 9.81. The van der Waals surface area contributed by atoms with Gasteiger partial charge in [0, 0.05) is 24.2 Å². The SMILES string of the molecule is CCC(=O)Nc1nnc(SCc2cc(=O)n3nc(C4CCCCC4)sc3n2)s1. The summed E-state index contributed by atoms with van der Waals surface area (Å²) in [4.78, 5) is 29.1. The molecule has 0 bridgehead atoms. The Morgan fingerprint density at radius 3 is 2.89 bits per heavy atom. The van der Waals surface area contributed by atoms with E-state index in [1.165, 1.54) is 64.3 Å². The van der Waals surface area contributed by atoms with Crippen molar-refractivity contribution >= 4 is 50.4 Å². The van der Waals surface area contributed by atoms with Gasteiger partial charge in [-0.25, -0.2) is 4.98 Å². The summed E-state index contributed by atoms with van der Waals surface area (Å²) in [5.74, 6) is 0.876. The molecular weight excluding hydrogens is 416 g/mol. The summed E-state index contributed by atoms with van der Waals surface area (Å²) in [5, 5.41) is 16.8. The zero-order valence-corrected chi connectivity index (χ0v) is 17.8. The Morgan fingerprint density at radius 1 is 1.29 bits per heavy atom. The number of nitrogens with one attached hydrogen (secondary N) is 1. The lowest BCUT2D eigenvalue weighted by Crippen LogP contribution is -2.15. The van der Waals surface area contributed by atoms with E-state index in [1.54, 1.807) is 6.92 Å². The number of thioether (sulfide) groups is 1. The van der Waals surface area contributed by atoms with E-state index < -0.39 is 0 Å². The fourth-order valence-corrected chi connectivity index (χ4v) is 5.87. The van der Waals surface area contributed by atoms with Gasteiger partial charge in [-0.15, -0.1) is 10.2 Å². The molecule has 1 fully saturated rings. The lowest BCUT2D eigenvalue weighted by molar-refractivity contribution is -0.115. The van der Waals surface area contributed by atoms with Crippen LogP contribution in [0.25, 0.3) is 4.96 Å². The Kier molecular flexibility index (Phi) is 6.02. The third-order valence-corrected chi connectivity index (χ3v) is 7.66. The van der Waals surface area contributed by atoms with Crippen LogP contribution in [0.1, 0.15) is 62.1 Å². The van der Waals surface area contributed by atoms with Gasteiger partial charge in [0.15, 0.2) is 4.34 Å². The van der Waals surface area contributed by atoms with E-state index in [2.05, 4.69) is 25.6 Å². The van der Waals surface area contributed by atoms with Crippen molar-refractivity contribution in [3.8, 4) is 0 Å². The number of hydrogen-bond donors (Lipinski definition) is 1. The molecule has 3 heterocycles. The van der Waals surface area contributed by atoms with Gasteiger partial charge in [-0.05, 0) is 12.8 Å². The molecule has 1 aliphatic carbocycles. The highest BCUT2D eigenvalue weighted by molar-refractivity contribution is 8.00. The molecule has 4 rings (SSSR count). The maximum Gasteiger partial charge on any atom is 0.275 e. The molecule has 1 N–H and O–H groups in total. The molecule has 0 unspecified atom stereocenters. The predicted octanol–water partition coefficient (Wildman–Crippen LogP) is 3.69. The van der Waals surface area contributed by atoms with Crippen LogP contribution in [0.2, 0.25) is 0 Å². The Balaban J connectivity index is 1.47. The molecule has 8 nitrogen and oxygen atoms in total. The number of hydrogen-bond acceptors (Lipinski definition) is 9. The molecule has 148 valence electrons. The van der Waals surface area contributed by atoms with E-state index in [4.69, 9.17) is 0 Å². The van der Waals surface area contributed by atoms with Crippen LogP contribution in [0.3, 0.4) is 0 Å². The molecule has 0 radical (unpaired) electrons. The van der Waals surface area contributed by atoms with Gasteiger partial charge in [0.05, 0.1) is 5.69 Å². The quantitative estimate of drug-likeness (QED) is 0.464. The van der Waals surface area contributed by atoms with Gasteiger partial charge in [0.1, 0.15) is 5.01 Å². The van der Waals surface area contributed by atoms with Gasteiger partial charge >= 0.3 is 0 Å². The van der Waals surface area contributed by atoms with Crippen LogP contribution < -0.4 is 10.9 Å². The van der Waals surface area contributed by atoms with E-state index in [1.807, 2.05) is 0 Å². The van der Waals surface area contributed by atoms with E-state index in [9.17, 15) is 9.59 Å². The van der Waals surface area contributed by atoms with Gasteiger partial charge < -0.3 is 5.32 Å². The lowest BCUT2D eigenvalue weighted by atomic mass is 9.90. The largest absolute Gasteiger partial charge is 0.301 e. The molecule has 0 aliphatic heterocycles. The van der Waals surface area contributed by atoms with Crippen LogP contribution >= 0.6 is 34.4 Å². The van der Waals surface area contributed by atoms with Crippen LogP contribution in [0.15, 0.2) is 15.2 Å². The van der Waals surface area contributed by atoms with Crippen molar-refractivity contribution in [3.63, 3.8) is 0 Å². The number of nitrogens with zero attached hydrogens (tertiary/aromatic N) is 5. The maximum absolute atomic E-state index is 12.5. The number of anilines is 1. The average Bonchev–Trinajstić information content (AvgIpc) is 3.34. The van der Waals surface area contributed by atoms with E-state index in [-0.39, 0.29) is 11.5 Å². The van der Waals surface area contributed by atoms with Crippen LogP contribution in [0.4, 0.5) is 5.13 Å². The molecule has 3 aromatic rings. The average molecular weight is 437 g/mol. The molecule has 0 aromatic carbocycles. The zero-order valence-electron chi connectivity index (χ0n) is 15.4. The minimum Gasteiger partial charge on any atom is -0.301 e. The summed E-state index contributed by atoms with van der Waals surface area (Å²) >= 11 is 4.29. The lowest BCUT2D eigenvalue weighted by Gasteiger charge is -2.18. The highest BCUT2D eigenvalue weighted by Crippen LogP contribution is 2.34. The first-order valence-electron chi connectivity index (χ1n) is 9.28. The van der Waals surface area contributed by atoms with Crippen molar-refractivity contribution in [2.75, 3.05) is 5.32 Å². The Bertz CT molecular complexity index is 1040. The maximum atomic E-state index is 12.5. The third-order valence-electron chi connectivity index (χ3n) is 4.59. The zero-order chi connectivity index (χ0) is 19.5. The minimum absolute atomic E-state index is 0.0909. The van der Waals surface area contributed by atoms with E-state index >= 15 is 0 Å². The molecule has 1 amide bonds. The summed E-state index contributed by atoms with van der Waals surface area (Å²) in [7, 11) is 0. The highest BCUT2D eigenvalue weighted by atomic mass is 32.2. The van der Waals surface area contributed by atoms with Crippen molar-refractivity contribution < 1.29 is 4.79 Å². The van der Waals surface area contributed by atoms with E-state index in [0.717, 1.165) is 22.2 Å². The topological polar surface area (TPSA) is 102 Å². The van der Waals surface area contributed by atoms with Gasteiger partial charge in [0.2, 0.25) is 16.0 Å². The number of aromatic nitrogens is 5. The van der Waals surface area contributed by atoms with Gasteiger partial charge in [0.25, 0.3) is 5.56 Å². The van der Waals surface area contributed by atoms with Crippen LogP contribution in [-0.2, 0) is 10.5 Å². The summed E-state index contributed by atoms with van der Waals surface area (Å²) in [6, 6.07) is 1.53. The van der Waals surface area contributed by atoms with Gasteiger partial charge in [-0.2, -0.15) is 9.61 Å². The Hall–Kier alpha value is -1.85. The molecule has 11 heteroatoms. The fourth-order valence-electron chi connectivity index (χ4n) is 3.12. The van der Waals surface area contributed by atoms with Crippen molar-refractivity contribution in [2.45, 2.75) is 61.5 Å². The van der Waals surface area contributed by atoms with Crippen molar-refractivity contribution in [1.29, 1.82) is 0 Å². The number of rotatable bonds is 6. The summed E-state index contributed by atoms with van der Waals surface area (Å²) < 4.78 is 2.15. The Labute approximate surface area is 173 Å². The smallest absolute Gasteiger partial charge is 0.275 e. The van der Waals surface area contributed by atoms with E-state index in [0.29, 0.717) is 33.9 Å². The van der Waals surface area contributed by atoms with Crippen molar-refractivity contribution in [3.05, 3.63) is 27.1 Å². The first kappa shape index (κ1) is 19.5. The molecule has 1 aliphatic rings. The molecule has 0 spiro atoms. The second-order valence-electron chi connectivity index (χ2n) is 6.62.